The van der Waals surface area contributed by atoms with Crippen molar-refractivity contribution in [3.63, 3.8) is 0 Å². The molecule has 0 unspecified atom stereocenters. The van der Waals surface area contributed by atoms with Gasteiger partial charge in [0.05, 0.1) is 10.4 Å². The third kappa shape index (κ3) is 5.44. The van der Waals surface area contributed by atoms with Crippen LogP contribution < -0.4 is 5.32 Å². The molecule has 0 aliphatic carbocycles. The lowest BCUT2D eigenvalue weighted by atomic mass is 9.96. The molecule has 4 heterocycles. The van der Waals surface area contributed by atoms with E-state index in [1.807, 2.05) is 29.2 Å². The molecule has 1 aromatic carbocycles. The average Bonchev–Trinajstić information content (AvgIpc) is 3.56. The zero-order chi connectivity index (χ0) is 24.2. The van der Waals surface area contributed by atoms with Crippen LogP contribution in [0.15, 0.2) is 48.7 Å². The Morgan fingerprint density at radius 1 is 0.943 bits per heavy atom. The molecule has 2 amide bonds. The summed E-state index contributed by atoms with van der Waals surface area (Å²) in [5, 5.41) is 5.37. The molecule has 0 bridgehead atoms. The largest absolute Gasteiger partial charge is 0.355 e. The van der Waals surface area contributed by atoms with Gasteiger partial charge >= 0.3 is 0 Å². The number of piperidine rings is 1. The Balaban J connectivity index is 1.08. The molecular formula is C27H35N5O2S. The van der Waals surface area contributed by atoms with Crippen LogP contribution >= 0.6 is 11.3 Å². The van der Waals surface area contributed by atoms with Crippen molar-refractivity contribution in [3.8, 4) is 5.00 Å². The fourth-order valence-corrected chi connectivity index (χ4v) is 6.13. The van der Waals surface area contributed by atoms with Crippen LogP contribution in [-0.4, -0.2) is 90.0 Å². The molecule has 8 heteroatoms. The summed E-state index contributed by atoms with van der Waals surface area (Å²) < 4.78 is 2.14. The van der Waals surface area contributed by atoms with Crippen molar-refractivity contribution in [3.05, 3.63) is 53.5 Å². The second-order valence-electron chi connectivity index (χ2n) is 9.52. The molecule has 0 spiro atoms. The number of rotatable bonds is 7. The number of para-hydroxylation sites is 1. The lowest BCUT2D eigenvalue weighted by Gasteiger charge is -2.34. The van der Waals surface area contributed by atoms with Crippen LogP contribution in [0.4, 0.5) is 0 Å². The molecule has 0 radical (unpaired) electrons. The number of likely N-dealkylation sites (N-methyl/N-ethyl adjacent to an activating group) is 1. The number of nitrogens with zero attached hydrogens (tertiary/aromatic N) is 4. The van der Waals surface area contributed by atoms with E-state index in [1.165, 1.54) is 16.7 Å². The first kappa shape index (κ1) is 24.0. The van der Waals surface area contributed by atoms with Crippen molar-refractivity contribution in [1.29, 1.82) is 0 Å². The lowest BCUT2D eigenvalue weighted by Crippen LogP contribution is -2.49. The zero-order valence-electron chi connectivity index (χ0n) is 20.5. The standard InChI is InChI=1S/C27H35N5O2S/c1-2-29-17-19-30(20-18-29)16-12-28-26(33)22-9-13-31(14-10-22)27(34)24-7-8-25(35-24)32-15-11-21-5-3-4-6-23(21)32/h3-8,11,15,22H,2,9-10,12-14,16-20H2,1H3,(H,28,33). The Bertz CT molecular complexity index is 1160. The van der Waals surface area contributed by atoms with E-state index < -0.39 is 0 Å². The van der Waals surface area contributed by atoms with E-state index in [2.05, 4.69) is 51.0 Å². The number of fused-ring (bicyclic) bond motifs is 1. The van der Waals surface area contributed by atoms with Crippen LogP contribution in [0, 0.1) is 5.92 Å². The summed E-state index contributed by atoms with van der Waals surface area (Å²) in [5.41, 5.74) is 1.14. The summed E-state index contributed by atoms with van der Waals surface area (Å²) in [6.07, 6.45) is 3.51. The smallest absolute Gasteiger partial charge is 0.263 e. The summed E-state index contributed by atoms with van der Waals surface area (Å²) in [6.45, 7) is 10.6. The number of carbonyl (C=O) groups is 2. The van der Waals surface area contributed by atoms with Gasteiger partial charge in [0.25, 0.3) is 5.91 Å². The van der Waals surface area contributed by atoms with Gasteiger partial charge in [0.1, 0.15) is 5.00 Å². The summed E-state index contributed by atoms with van der Waals surface area (Å²) in [6, 6.07) is 14.3. The highest BCUT2D eigenvalue weighted by Crippen LogP contribution is 2.28. The maximum Gasteiger partial charge on any atom is 0.263 e. The minimum atomic E-state index is 0.00104. The van der Waals surface area contributed by atoms with E-state index in [4.69, 9.17) is 0 Å². The highest BCUT2D eigenvalue weighted by atomic mass is 32.1. The summed E-state index contributed by atoms with van der Waals surface area (Å²) >= 11 is 1.53. The fourth-order valence-electron chi connectivity index (χ4n) is 5.16. The van der Waals surface area contributed by atoms with E-state index in [0.29, 0.717) is 19.6 Å². The van der Waals surface area contributed by atoms with E-state index in [1.54, 1.807) is 0 Å². The Hall–Kier alpha value is -2.68. The van der Waals surface area contributed by atoms with E-state index in [9.17, 15) is 9.59 Å². The zero-order valence-corrected chi connectivity index (χ0v) is 21.3. The highest BCUT2D eigenvalue weighted by molar-refractivity contribution is 7.16. The Labute approximate surface area is 211 Å². The lowest BCUT2D eigenvalue weighted by molar-refractivity contribution is -0.126. The molecule has 1 N–H and O–H groups in total. The average molecular weight is 494 g/mol. The molecule has 2 aliphatic heterocycles. The molecular weight excluding hydrogens is 458 g/mol. The van der Waals surface area contributed by atoms with Crippen LogP contribution in [0.5, 0.6) is 0 Å². The second kappa shape index (κ2) is 10.9. The third-order valence-electron chi connectivity index (χ3n) is 7.43. The topological polar surface area (TPSA) is 60.8 Å². The molecule has 2 fully saturated rings. The summed E-state index contributed by atoms with van der Waals surface area (Å²) in [4.78, 5) is 33.4. The SMILES string of the molecule is CCN1CCN(CCNC(=O)C2CCN(C(=O)c3ccc(-n4ccc5ccccc54)s3)CC2)CC1. The summed E-state index contributed by atoms with van der Waals surface area (Å²) in [7, 11) is 0. The van der Waals surface area contributed by atoms with Gasteiger partial charge in [-0.25, -0.2) is 0 Å². The van der Waals surface area contributed by atoms with Crippen LogP contribution in [0.3, 0.4) is 0 Å². The second-order valence-corrected chi connectivity index (χ2v) is 10.6. The number of nitrogens with one attached hydrogen (secondary N) is 1. The van der Waals surface area contributed by atoms with Crippen LogP contribution in [0.25, 0.3) is 15.9 Å². The van der Waals surface area contributed by atoms with Crippen molar-refractivity contribution in [2.24, 2.45) is 5.92 Å². The predicted octanol–water partition coefficient (Wildman–Crippen LogP) is 3.30. The minimum Gasteiger partial charge on any atom is -0.355 e. The first-order chi connectivity index (χ1) is 17.1. The van der Waals surface area contributed by atoms with Crippen molar-refractivity contribution < 1.29 is 9.59 Å². The molecule has 35 heavy (non-hydrogen) atoms. The number of carbonyl (C=O) groups excluding carboxylic acids is 2. The normalized spacial score (nSPS) is 18.3. The number of hydrogen-bond donors (Lipinski definition) is 1. The van der Waals surface area contributed by atoms with Gasteiger partial charge in [-0.05, 0) is 49.0 Å². The van der Waals surface area contributed by atoms with Crippen molar-refractivity contribution in [2.45, 2.75) is 19.8 Å². The maximum atomic E-state index is 13.1. The van der Waals surface area contributed by atoms with Crippen LogP contribution in [0.1, 0.15) is 29.4 Å². The van der Waals surface area contributed by atoms with Gasteiger partial charge in [0.15, 0.2) is 0 Å². The fraction of sp³-hybridized carbons (Fsp3) is 0.481. The number of piperazine rings is 1. The molecule has 5 rings (SSSR count). The number of thiophene rings is 1. The monoisotopic (exact) mass is 493 g/mol. The van der Waals surface area contributed by atoms with Gasteiger partial charge in [0, 0.05) is 64.5 Å². The molecule has 0 saturated carbocycles. The quantitative estimate of drug-likeness (QED) is 0.549. The highest BCUT2D eigenvalue weighted by Gasteiger charge is 2.28. The van der Waals surface area contributed by atoms with Gasteiger partial charge in [-0.15, -0.1) is 11.3 Å². The van der Waals surface area contributed by atoms with Gasteiger partial charge < -0.3 is 19.7 Å². The predicted molar refractivity (Wildman–Crippen MR) is 141 cm³/mol. The number of benzene rings is 1. The molecule has 0 atom stereocenters. The Kier molecular flexibility index (Phi) is 7.51. The summed E-state index contributed by atoms with van der Waals surface area (Å²) in [5.74, 6) is 0.214. The Morgan fingerprint density at radius 2 is 1.69 bits per heavy atom. The van der Waals surface area contributed by atoms with E-state index in [0.717, 1.165) is 67.5 Å². The van der Waals surface area contributed by atoms with Gasteiger partial charge in [-0.3, -0.25) is 14.5 Å². The number of likely N-dealkylation sites (tertiary alicyclic amines) is 1. The third-order valence-corrected chi connectivity index (χ3v) is 8.50. The number of hydrogen-bond acceptors (Lipinski definition) is 5. The molecule has 2 aromatic heterocycles. The van der Waals surface area contributed by atoms with Crippen LogP contribution in [-0.2, 0) is 4.79 Å². The van der Waals surface area contributed by atoms with E-state index >= 15 is 0 Å². The number of aromatic nitrogens is 1. The van der Waals surface area contributed by atoms with E-state index in [-0.39, 0.29) is 17.7 Å². The molecule has 186 valence electrons. The first-order valence-electron chi connectivity index (χ1n) is 12.8. The van der Waals surface area contributed by atoms with Crippen molar-refractivity contribution in [1.82, 2.24) is 24.6 Å². The van der Waals surface area contributed by atoms with Gasteiger partial charge in [0.2, 0.25) is 5.91 Å². The first-order valence-corrected chi connectivity index (χ1v) is 13.6. The minimum absolute atomic E-state index is 0.00104. The number of amides is 2. The van der Waals surface area contributed by atoms with Gasteiger partial charge in [-0.2, -0.15) is 0 Å². The maximum absolute atomic E-state index is 13.1. The van der Waals surface area contributed by atoms with Crippen molar-refractivity contribution >= 4 is 34.1 Å². The molecule has 7 nitrogen and oxygen atoms in total. The molecule has 3 aromatic rings. The van der Waals surface area contributed by atoms with Gasteiger partial charge in [-0.1, -0.05) is 25.1 Å². The Morgan fingerprint density at radius 3 is 2.46 bits per heavy atom. The van der Waals surface area contributed by atoms with Crippen LogP contribution in [0.2, 0.25) is 0 Å². The molecule has 2 saturated heterocycles. The molecule has 2 aliphatic rings. The van der Waals surface area contributed by atoms with Crippen molar-refractivity contribution in [2.75, 3.05) is 58.9 Å².